The Morgan fingerprint density at radius 3 is 2.20 bits per heavy atom. The molecule has 0 aliphatic rings. The normalized spacial score (nSPS) is 13.1. The van der Waals surface area contributed by atoms with Crippen molar-refractivity contribution in [2.75, 3.05) is 5.88 Å². The molecule has 2 rings (SSSR count). The van der Waals surface area contributed by atoms with Crippen molar-refractivity contribution < 1.29 is 8.42 Å². The molecule has 0 aromatic heterocycles. The van der Waals surface area contributed by atoms with Gasteiger partial charge in [-0.3, -0.25) is 0 Å². The monoisotopic (exact) mass is 329 g/mol. The summed E-state index contributed by atoms with van der Waals surface area (Å²) < 4.78 is 27.3. The van der Waals surface area contributed by atoms with E-state index in [9.17, 15) is 8.42 Å². The van der Waals surface area contributed by atoms with Crippen LogP contribution in [0.25, 0.3) is 0 Å². The maximum absolute atomic E-state index is 12.3. The molecule has 0 amide bonds. The van der Waals surface area contributed by atoms with Gasteiger partial charge >= 0.3 is 0 Å². The molecule has 0 heterocycles. The van der Waals surface area contributed by atoms with Gasteiger partial charge in [-0.2, -0.15) is 0 Å². The number of sulfonamides is 1. The van der Waals surface area contributed by atoms with Crippen LogP contribution in [0.15, 0.2) is 59.5 Å². The second kappa shape index (κ2) is 6.59. The van der Waals surface area contributed by atoms with Gasteiger partial charge in [-0.15, -0.1) is 11.6 Å². The summed E-state index contributed by atoms with van der Waals surface area (Å²) in [5.41, 5.74) is 0.804. The van der Waals surface area contributed by atoms with E-state index < -0.39 is 16.1 Å². The van der Waals surface area contributed by atoms with E-state index in [2.05, 4.69) is 4.72 Å². The molecular formula is C14H13Cl2NO2S. The second-order valence-electron chi connectivity index (χ2n) is 4.17. The highest BCUT2D eigenvalue weighted by Crippen LogP contribution is 2.23. The van der Waals surface area contributed by atoms with E-state index in [-0.39, 0.29) is 15.8 Å². The minimum atomic E-state index is -3.72. The van der Waals surface area contributed by atoms with Crippen molar-refractivity contribution in [2.45, 2.75) is 10.9 Å². The summed E-state index contributed by atoms with van der Waals surface area (Å²) in [5.74, 6) is 0.133. The van der Waals surface area contributed by atoms with E-state index in [0.29, 0.717) is 0 Å². The molecule has 0 radical (unpaired) electrons. The lowest BCUT2D eigenvalue weighted by atomic mass is 10.1. The zero-order valence-corrected chi connectivity index (χ0v) is 12.8. The zero-order valence-electron chi connectivity index (χ0n) is 10.5. The van der Waals surface area contributed by atoms with Gasteiger partial charge in [-0.05, 0) is 17.7 Å². The first-order chi connectivity index (χ1) is 9.54. The summed E-state index contributed by atoms with van der Waals surface area (Å²) in [7, 11) is -3.72. The van der Waals surface area contributed by atoms with Gasteiger partial charge in [-0.1, -0.05) is 54.1 Å². The molecule has 1 atom stereocenters. The third kappa shape index (κ3) is 3.52. The maximum Gasteiger partial charge on any atom is 0.242 e. The average molecular weight is 330 g/mol. The molecule has 1 unspecified atom stereocenters. The molecule has 0 saturated carbocycles. The molecule has 0 fully saturated rings. The van der Waals surface area contributed by atoms with Crippen LogP contribution in [0.1, 0.15) is 11.6 Å². The first-order valence-electron chi connectivity index (χ1n) is 5.92. The standard InChI is InChI=1S/C14H13Cl2NO2S/c15-10-13(11-6-2-1-3-7-11)17-20(18,19)14-9-5-4-8-12(14)16/h1-9,13,17H,10H2. The van der Waals surface area contributed by atoms with Gasteiger partial charge < -0.3 is 0 Å². The molecule has 0 bridgehead atoms. The number of hydrogen-bond acceptors (Lipinski definition) is 2. The van der Waals surface area contributed by atoms with E-state index >= 15 is 0 Å². The number of rotatable bonds is 5. The number of alkyl halides is 1. The summed E-state index contributed by atoms with van der Waals surface area (Å²) in [5, 5.41) is 0.182. The third-order valence-electron chi connectivity index (χ3n) is 2.78. The second-order valence-corrected chi connectivity index (χ2v) is 6.57. The first-order valence-corrected chi connectivity index (χ1v) is 8.32. The van der Waals surface area contributed by atoms with Crippen molar-refractivity contribution >= 4 is 33.2 Å². The largest absolute Gasteiger partial charge is 0.242 e. The van der Waals surface area contributed by atoms with Crippen molar-refractivity contribution in [1.82, 2.24) is 4.72 Å². The van der Waals surface area contributed by atoms with E-state index in [1.807, 2.05) is 30.3 Å². The van der Waals surface area contributed by atoms with Crippen LogP contribution in [-0.2, 0) is 10.0 Å². The Morgan fingerprint density at radius 1 is 1.00 bits per heavy atom. The van der Waals surface area contributed by atoms with E-state index in [1.165, 1.54) is 12.1 Å². The van der Waals surface area contributed by atoms with Crippen LogP contribution >= 0.6 is 23.2 Å². The van der Waals surface area contributed by atoms with E-state index in [0.717, 1.165) is 5.56 Å². The molecule has 6 heteroatoms. The summed E-state index contributed by atoms with van der Waals surface area (Å²) in [6.07, 6.45) is 0. The molecule has 0 spiro atoms. The highest BCUT2D eigenvalue weighted by atomic mass is 35.5. The quantitative estimate of drug-likeness (QED) is 0.852. The predicted octanol–water partition coefficient (Wildman–Crippen LogP) is 3.60. The van der Waals surface area contributed by atoms with Crippen molar-refractivity contribution in [1.29, 1.82) is 0 Å². The van der Waals surface area contributed by atoms with Crippen molar-refractivity contribution in [2.24, 2.45) is 0 Å². The van der Waals surface area contributed by atoms with Crippen LogP contribution in [0.3, 0.4) is 0 Å². The highest BCUT2D eigenvalue weighted by molar-refractivity contribution is 7.89. The van der Waals surface area contributed by atoms with Gasteiger partial charge in [0.25, 0.3) is 0 Å². The number of halogens is 2. The molecular weight excluding hydrogens is 317 g/mol. The molecule has 3 nitrogen and oxygen atoms in total. The molecule has 0 aliphatic heterocycles. The van der Waals surface area contributed by atoms with Gasteiger partial charge in [0, 0.05) is 5.88 Å². The average Bonchev–Trinajstić information content (AvgIpc) is 2.46. The van der Waals surface area contributed by atoms with Crippen molar-refractivity contribution in [3.8, 4) is 0 Å². The Labute approximate surface area is 128 Å². The highest BCUT2D eigenvalue weighted by Gasteiger charge is 2.22. The first kappa shape index (κ1) is 15.3. The fourth-order valence-electron chi connectivity index (χ4n) is 1.79. The summed E-state index contributed by atoms with van der Waals surface area (Å²) >= 11 is 11.8. The minimum Gasteiger partial charge on any atom is -0.207 e. The summed E-state index contributed by atoms with van der Waals surface area (Å²) in [6, 6.07) is 15.0. The van der Waals surface area contributed by atoms with Crippen LogP contribution in [0, 0.1) is 0 Å². The lowest BCUT2D eigenvalue weighted by Crippen LogP contribution is -2.29. The zero-order chi connectivity index (χ0) is 14.6. The maximum atomic E-state index is 12.3. The Kier molecular flexibility index (Phi) is 5.05. The Hall–Kier alpha value is -1.07. The van der Waals surface area contributed by atoms with E-state index in [1.54, 1.807) is 12.1 Å². The molecule has 20 heavy (non-hydrogen) atoms. The summed E-state index contributed by atoms with van der Waals surface area (Å²) in [4.78, 5) is 0.0488. The molecule has 1 N–H and O–H groups in total. The fourth-order valence-corrected chi connectivity index (χ4v) is 3.88. The van der Waals surface area contributed by atoms with Gasteiger partial charge in [0.15, 0.2) is 0 Å². The van der Waals surface area contributed by atoms with Gasteiger partial charge in [0.1, 0.15) is 4.90 Å². The van der Waals surface area contributed by atoms with Crippen molar-refractivity contribution in [3.63, 3.8) is 0 Å². The number of benzene rings is 2. The number of hydrogen-bond donors (Lipinski definition) is 1. The Balaban J connectivity index is 2.30. The molecule has 2 aromatic carbocycles. The Morgan fingerprint density at radius 2 is 1.60 bits per heavy atom. The van der Waals surface area contributed by atoms with Crippen LogP contribution in [0.2, 0.25) is 5.02 Å². The third-order valence-corrected chi connectivity index (χ3v) is 5.06. The van der Waals surface area contributed by atoms with Crippen molar-refractivity contribution in [3.05, 3.63) is 65.2 Å². The molecule has 106 valence electrons. The van der Waals surface area contributed by atoms with E-state index in [4.69, 9.17) is 23.2 Å². The SMILES string of the molecule is O=S(=O)(NC(CCl)c1ccccc1)c1ccccc1Cl. The molecule has 0 aliphatic carbocycles. The van der Waals surface area contributed by atoms with Crippen LogP contribution in [-0.4, -0.2) is 14.3 Å². The molecule has 0 saturated heterocycles. The lowest BCUT2D eigenvalue weighted by Gasteiger charge is -2.17. The smallest absolute Gasteiger partial charge is 0.207 e. The van der Waals surface area contributed by atoms with Gasteiger partial charge in [-0.25, -0.2) is 13.1 Å². The lowest BCUT2D eigenvalue weighted by molar-refractivity contribution is 0.568. The van der Waals surface area contributed by atoms with Crippen LogP contribution in [0.4, 0.5) is 0 Å². The van der Waals surface area contributed by atoms with Gasteiger partial charge in [0.2, 0.25) is 10.0 Å². The molecule has 2 aromatic rings. The predicted molar refractivity (Wildman–Crippen MR) is 81.7 cm³/mol. The van der Waals surface area contributed by atoms with Crippen LogP contribution in [0.5, 0.6) is 0 Å². The fraction of sp³-hybridized carbons (Fsp3) is 0.143. The summed E-state index contributed by atoms with van der Waals surface area (Å²) in [6.45, 7) is 0. The van der Waals surface area contributed by atoms with Gasteiger partial charge in [0.05, 0.1) is 11.1 Å². The minimum absolute atomic E-state index is 0.0488. The van der Waals surface area contributed by atoms with Crippen LogP contribution < -0.4 is 4.72 Å². The number of nitrogens with one attached hydrogen (secondary N) is 1. The topological polar surface area (TPSA) is 46.2 Å². The Bertz CT molecular complexity index is 675.